The van der Waals surface area contributed by atoms with Crippen LogP contribution in [0.5, 0.6) is 0 Å². The molecule has 4 rings (SSSR count). The molecule has 1 unspecified atom stereocenters. The maximum absolute atomic E-state index is 12.9. The third-order valence-electron chi connectivity index (χ3n) is 6.01. The van der Waals surface area contributed by atoms with Gasteiger partial charge in [0.25, 0.3) is 5.91 Å². The van der Waals surface area contributed by atoms with Gasteiger partial charge in [0.1, 0.15) is 11.9 Å². The van der Waals surface area contributed by atoms with Crippen LogP contribution in [0.2, 0.25) is 0 Å². The van der Waals surface area contributed by atoms with Crippen LogP contribution in [0.3, 0.4) is 0 Å². The SMILES string of the molecule is COCCCNC(=O)CSC1=Nc2ccccc2C2=NC(=O)C(CCC(=O)NCCc3ccccc3)N12. The molecule has 2 aliphatic heterocycles. The molecule has 1 atom stereocenters. The van der Waals surface area contributed by atoms with E-state index in [0.717, 1.165) is 24.0 Å². The molecule has 0 spiro atoms. The largest absolute Gasteiger partial charge is 0.385 e. The number of carbonyl (C=O) groups is 3. The normalized spacial score (nSPS) is 16.0. The van der Waals surface area contributed by atoms with Crippen LogP contribution in [0, 0.1) is 0 Å². The highest BCUT2D eigenvalue weighted by Gasteiger charge is 2.41. The number of fused-ring (bicyclic) bond motifs is 3. The number of rotatable bonds is 12. The molecular weight excluding hydrogens is 490 g/mol. The fraction of sp³-hybridized carbons (Fsp3) is 0.370. The second-order valence-electron chi connectivity index (χ2n) is 8.68. The van der Waals surface area contributed by atoms with Gasteiger partial charge in [-0.25, -0.2) is 4.99 Å². The summed E-state index contributed by atoms with van der Waals surface area (Å²) in [5.41, 5.74) is 2.62. The summed E-state index contributed by atoms with van der Waals surface area (Å²) in [6, 6.07) is 16.8. The van der Waals surface area contributed by atoms with Crippen molar-refractivity contribution in [2.75, 3.05) is 32.6 Å². The first kappa shape index (κ1) is 26.6. The summed E-state index contributed by atoms with van der Waals surface area (Å²) < 4.78 is 5.01. The number of para-hydroxylation sites is 1. The van der Waals surface area contributed by atoms with E-state index in [1.54, 1.807) is 12.0 Å². The molecule has 0 saturated carbocycles. The van der Waals surface area contributed by atoms with E-state index in [2.05, 4.69) is 15.6 Å². The highest BCUT2D eigenvalue weighted by molar-refractivity contribution is 8.14. The number of amides is 3. The summed E-state index contributed by atoms with van der Waals surface area (Å²) >= 11 is 1.26. The predicted molar refractivity (Wildman–Crippen MR) is 145 cm³/mol. The van der Waals surface area contributed by atoms with Crippen molar-refractivity contribution in [2.45, 2.75) is 31.7 Å². The summed E-state index contributed by atoms with van der Waals surface area (Å²) in [7, 11) is 1.62. The van der Waals surface area contributed by atoms with Crippen molar-refractivity contribution in [3.8, 4) is 0 Å². The van der Waals surface area contributed by atoms with E-state index >= 15 is 0 Å². The molecule has 2 aromatic carbocycles. The standard InChI is InChI=1S/C27H31N5O4S/c1-36-17-7-15-28-24(34)18-37-27-30-21-11-6-5-10-20(21)25-31-26(35)22(32(25)27)12-13-23(33)29-16-14-19-8-3-2-4-9-19/h2-6,8-11,22H,7,12-18H2,1H3,(H,28,34)(H,29,33). The Morgan fingerprint density at radius 1 is 1.00 bits per heavy atom. The molecule has 0 bridgehead atoms. The number of aliphatic imine (C=N–C) groups is 2. The zero-order chi connectivity index (χ0) is 26.0. The second kappa shape index (κ2) is 13.2. The number of nitrogens with one attached hydrogen (secondary N) is 2. The maximum atomic E-state index is 12.9. The summed E-state index contributed by atoms with van der Waals surface area (Å²) in [4.78, 5) is 48.7. The molecule has 2 N–H and O–H groups in total. The Hall–Kier alpha value is -3.50. The maximum Gasteiger partial charge on any atom is 0.270 e. The predicted octanol–water partition coefficient (Wildman–Crippen LogP) is 2.67. The molecule has 0 aromatic heterocycles. The summed E-state index contributed by atoms with van der Waals surface area (Å²) in [6.07, 6.45) is 1.96. The highest BCUT2D eigenvalue weighted by atomic mass is 32.2. The number of hydrogen-bond donors (Lipinski definition) is 2. The molecule has 0 fully saturated rings. The lowest BCUT2D eigenvalue weighted by molar-refractivity contribution is -0.122. The quantitative estimate of drug-likeness (QED) is 0.416. The average molecular weight is 522 g/mol. The van der Waals surface area contributed by atoms with Gasteiger partial charge < -0.3 is 15.4 Å². The molecular formula is C27H31N5O4S. The molecule has 0 radical (unpaired) electrons. The van der Waals surface area contributed by atoms with E-state index in [1.807, 2.05) is 54.6 Å². The molecule has 0 saturated heterocycles. The molecule has 9 nitrogen and oxygen atoms in total. The van der Waals surface area contributed by atoms with Crippen LogP contribution >= 0.6 is 11.8 Å². The van der Waals surface area contributed by atoms with Crippen molar-refractivity contribution >= 4 is 46.2 Å². The van der Waals surface area contributed by atoms with E-state index < -0.39 is 6.04 Å². The van der Waals surface area contributed by atoms with E-state index in [0.29, 0.717) is 42.8 Å². The van der Waals surface area contributed by atoms with Crippen LogP contribution in [-0.4, -0.2) is 72.2 Å². The van der Waals surface area contributed by atoms with Crippen molar-refractivity contribution in [1.82, 2.24) is 15.5 Å². The Bertz CT molecular complexity index is 1180. The number of thioether (sulfide) groups is 1. The lowest BCUT2D eigenvalue weighted by Crippen LogP contribution is -2.44. The van der Waals surface area contributed by atoms with Crippen molar-refractivity contribution in [1.29, 1.82) is 0 Å². The van der Waals surface area contributed by atoms with Crippen LogP contribution in [-0.2, 0) is 25.5 Å². The van der Waals surface area contributed by atoms with Crippen LogP contribution in [0.15, 0.2) is 64.6 Å². The second-order valence-corrected chi connectivity index (χ2v) is 9.62. The van der Waals surface area contributed by atoms with Crippen LogP contribution in [0.4, 0.5) is 5.69 Å². The summed E-state index contributed by atoms with van der Waals surface area (Å²) in [6.45, 7) is 1.63. The zero-order valence-corrected chi connectivity index (χ0v) is 21.6. The molecule has 194 valence electrons. The first-order valence-electron chi connectivity index (χ1n) is 12.4. The van der Waals surface area contributed by atoms with Gasteiger partial charge in [0.2, 0.25) is 11.8 Å². The number of benzene rings is 2. The van der Waals surface area contributed by atoms with E-state index in [4.69, 9.17) is 9.73 Å². The average Bonchev–Trinajstić information content (AvgIpc) is 3.25. The monoisotopic (exact) mass is 521 g/mol. The smallest absolute Gasteiger partial charge is 0.270 e. The minimum Gasteiger partial charge on any atom is -0.385 e. The van der Waals surface area contributed by atoms with Crippen molar-refractivity contribution < 1.29 is 19.1 Å². The van der Waals surface area contributed by atoms with E-state index in [1.165, 1.54) is 11.8 Å². The lowest BCUT2D eigenvalue weighted by Gasteiger charge is -2.31. The van der Waals surface area contributed by atoms with Gasteiger partial charge in [0.05, 0.1) is 11.4 Å². The van der Waals surface area contributed by atoms with Gasteiger partial charge in [-0.05, 0) is 37.0 Å². The Kier molecular flexibility index (Phi) is 9.45. The first-order chi connectivity index (χ1) is 18.1. The summed E-state index contributed by atoms with van der Waals surface area (Å²) in [5, 5.41) is 6.33. The zero-order valence-electron chi connectivity index (χ0n) is 20.8. The number of ether oxygens (including phenoxy) is 1. The minimum atomic E-state index is -0.640. The number of methoxy groups -OCH3 is 1. The van der Waals surface area contributed by atoms with E-state index in [-0.39, 0.29) is 29.9 Å². The van der Waals surface area contributed by atoms with E-state index in [9.17, 15) is 14.4 Å². The Balaban J connectivity index is 1.37. The number of amidine groups is 2. The molecule has 2 aliphatic rings. The molecule has 3 amide bonds. The van der Waals surface area contributed by atoms with Gasteiger partial charge in [-0.15, -0.1) is 0 Å². The molecule has 37 heavy (non-hydrogen) atoms. The molecule has 2 aromatic rings. The van der Waals surface area contributed by atoms with Crippen molar-refractivity contribution in [2.24, 2.45) is 9.98 Å². The van der Waals surface area contributed by atoms with Gasteiger partial charge in [-0.2, -0.15) is 4.99 Å². The minimum absolute atomic E-state index is 0.115. The third-order valence-corrected chi connectivity index (χ3v) is 6.96. The Morgan fingerprint density at radius 2 is 1.76 bits per heavy atom. The first-order valence-corrected chi connectivity index (χ1v) is 13.3. The number of carbonyl (C=O) groups excluding carboxylic acids is 3. The van der Waals surface area contributed by atoms with Crippen molar-refractivity contribution in [3.05, 3.63) is 65.7 Å². The van der Waals surface area contributed by atoms with Crippen LogP contribution in [0.1, 0.15) is 30.4 Å². The topological polar surface area (TPSA) is 112 Å². The third kappa shape index (κ3) is 7.05. The van der Waals surface area contributed by atoms with Crippen molar-refractivity contribution in [3.63, 3.8) is 0 Å². The number of nitrogens with zero attached hydrogens (tertiary/aromatic N) is 3. The molecule has 0 aliphatic carbocycles. The Labute approximate surface area is 220 Å². The van der Waals surface area contributed by atoms with Gasteiger partial charge >= 0.3 is 0 Å². The van der Waals surface area contributed by atoms with Crippen LogP contribution in [0.25, 0.3) is 0 Å². The Morgan fingerprint density at radius 3 is 2.57 bits per heavy atom. The fourth-order valence-corrected chi connectivity index (χ4v) is 5.03. The molecule has 2 heterocycles. The highest BCUT2D eigenvalue weighted by Crippen LogP contribution is 2.35. The van der Waals surface area contributed by atoms with Gasteiger partial charge in [-0.3, -0.25) is 19.3 Å². The van der Waals surface area contributed by atoms with Gasteiger partial charge in [-0.1, -0.05) is 54.2 Å². The van der Waals surface area contributed by atoms with Gasteiger partial charge in [0, 0.05) is 38.8 Å². The van der Waals surface area contributed by atoms with Gasteiger partial charge in [0.15, 0.2) is 5.17 Å². The fourth-order valence-electron chi connectivity index (χ4n) is 4.15. The summed E-state index contributed by atoms with van der Waals surface area (Å²) in [5.74, 6) is 0.130. The number of hydrogen-bond acceptors (Lipinski definition) is 7. The lowest BCUT2D eigenvalue weighted by atomic mass is 10.1. The molecule has 10 heteroatoms. The van der Waals surface area contributed by atoms with Crippen LogP contribution < -0.4 is 10.6 Å².